The van der Waals surface area contributed by atoms with Crippen LogP contribution in [0, 0.1) is 5.92 Å². The molecule has 1 unspecified atom stereocenters. The Morgan fingerprint density at radius 1 is 0.870 bits per heavy atom. The van der Waals surface area contributed by atoms with E-state index >= 15 is 0 Å². The van der Waals surface area contributed by atoms with E-state index < -0.39 is 0 Å². The van der Waals surface area contributed by atoms with Gasteiger partial charge in [0.15, 0.2) is 0 Å². The monoisotopic (exact) mass is 298 g/mol. The first-order valence-electron chi connectivity index (χ1n) is 8.61. The summed E-state index contributed by atoms with van der Waals surface area (Å²) in [5, 5.41) is 0. The van der Waals surface area contributed by atoms with Crippen LogP contribution in [0.2, 0.25) is 0 Å². The first-order valence-corrected chi connectivity index (χ1v) is 8.61. The van der Waals surface area contributed by atoms with Crippen LogP contribution in [-0.4, -0.2) is 0 Å². The first kappa shape index (κ1) is 14.3. The number of benzene rings is 2. The second-order valence-corrected chi connectivity index (χ2v) is 6.47. The molecule has 1 atom stereocenters. The summed E-state index contributed by atoms with van der Waals surface area (Å²) in [5.74, 6) is 0.448. The molecule has 0 fully saturated rings. The normalized spacial score (nSPS) is 20.7. The lowest BCUT2D eigenvalue weighted by atomic mass is 9.80. The van der Waals surface area contributed by atoms with E-state index in [0.29, 0.717) is 5.92 Å². The van der Waals surface area contributed by atoms with E-state index in [-0.39, 0.29) is 0 Å². The molecule has 0 heteroatoms. The highest BCUT2D eigenvalue weighted by atomic mass is 14.3. The number of hydrogen-bond donors (Lipinski definition) is 0. The van der Waals surface area contributed by atoms with Crippen molar-refractivity contribution in [3.05, 3.63) is 95.1 Å². The molecule has 0 bridgehead atoms. The van der Waals surface area contributed by atoms with E-state index in [1.165, 1.54) is 42.4 Å². The lowest BCUT2D eigenvalue weighted by Crippen LogP contribution is -2.07. The molecule has 2 aromatic carbocycles. The minimum absolute atomic E-state index is 0.448. The van der Waals surface area contributed by atoms with Crippen LogP contribution >= 0.6 is 0 Å². The van der Waals surface area contributed by atoms with Gasteiger partial charge in [0.25, 0.3) is 0 Å². The molecular weight excluding hydrogens is 276 g/mol. The largest absolute Gasteiger partial charge is 0.0835 e. The van der Waals surface area contributed by atoms with Crippen LogP contribution in [-0.2, 0) is 0 Å². The van der Waals surface area contributed by atoms with Crippen molar-refractivity contribution in [3.63, 3.8) is 0 Å². The molecule has 0 aromatic heterocycles. The Balaban J connectivity index is 1.81. The molecule has 2 aliphatic rings. The summed E-state index contributed by atoms with van der Waals surface area (Å²) in [7, 11) is 0. The predicted octanol–water partition coefficient (Wildman–Crippen LogP) is 6.28. The van der Waals surface area contributed by atoms with Crippen molar-refractivity contribution in [1.29, 1.82) is 0 Å². The molecule has 2 aromatic rings. The van der Waals surface area contributed by atoms with Crippen LogP contribution in [0.3, 0.4) is 0 Å². The van der Waals surface area contributed by atoms with Crippen LogP contribution in [0.15, 0.2) is 84.0 Å². The number of hydrogen-bond acceptors (Lipinski definition) is 0. The molecule has 0 nitrogen and oxygen atoms in total. The molecule has 0 aliphatic heterocycles. The zero-order valence-corrected chi connectivity index (χ0v) is 13.4. The zero-order chi connectivity index (χ0) is 15.5. The van der Waals surface area contributed by atoms with Gasteiger partial charge in [0.2, 0.25) is 0 Å². The lowest BCUT2D eigenvalue weighted by Gasteiger charge is -2.24. The Labute approximate surface area is 138 Å². The van der Waals surface area contributed by atoms with Gasteiger partial charge in [-0.1, -0.05) is 90.0 Å². The second-order valence-electron chi connectivity index (χ2n) is 6.47. The van der Waals surface area contributed by atoms with Gasteiger partial charge in [-0.3, -0.25) is 0 Å². The Bertz CT molecular complexity index is 760. The molecule has 0 spiro atoms. The number of allylic oxidation sites excluding steroid dienone is 5. The van der Waals surface area contributed by atoms with Crippen LogP contribution < -0.4 is 0 Å². The van der Waals surface area contributed by atoms with Crippen molar-refractivity contribution in [1.82, 2.24) is 0 Å². The fraction of sp³-hybridized carbons (Fsp3) is 0.217. The quantitative estimate of drug-likeness (QED) is 0.462. The lowest BCUT2D eigenvalue weighted by molar-refractivity contribution is 0.851. The van der Waals surface area contributed by atoms with Crippen molar-refractivity contribution in [2.24, 2.45) is 5.92 Å². The molecule has 2 aliphatic carbocycles. The van der Waals surface area contributed by atoms with E-state index in [9.17, 15) is 0 Å². The average molecular weight is 298 g/mol. The van der Waals surface area contributed by atoms with E-state index in [1.54, 1.807) is 11.1 Å². The van der Waals surface area contributed by atoms with Gasteiger partial charge in [0, 0.05) is 5.92 Å². The van der Waals surface area contributed by atoms with Crippen molar-refractivity contribution in [3.8, 4) is 0 Å². The highest BCUT2D eigenvalue weighted by molar-refractivity contribution is 5.85. The van der Waals surface area contributed by atoms with Crippen molar-refractivity contribution in [2.45, 2.75) is 25.7 Å². The molecular formula is C23H22. The maximum Gasteiger partial charge on any atom is 0.0237 e. The third-order valence-corrected chi connectivity index (χ3v) is 5.01. The van der Waals surface area contributed by atoms with Crippen LogP contribution in [0.25, 0.3) is 11.6 Å². The Hall–Kier alpha value is -2.34. The molecule has 0 saturated heterocycles. The van der Waals surface area contributed by atoms with E-state index in [1.807, 2.05) is 0 Å². The predicted molar refractivity (Wildman–Crippen MR) is 98.9 cm³/mol. The molecule has 23 heavy (non-hydrogen) atoms. The van der Waals surface area contributed by atoms with Gasteiger partial charge in [-0.05, 0) is 42.4 Å². The van der Waals surface area contributed by atoms with Crippen molar-refractivity contribution in [2.75, 3.05) is 0 Å². The third kappa shape index (κ3) is 2.94. The summed E-state index contributed by atoms with van der Waals surface area (Å²) in [6, 6.07) is 21.6. The standard InChI is InChI=1S/C23H22/c1-3-9-18(10-4-1)17-23(20-11-5-2-6-12-20)22-16-8-14-19-13-7-15-21(19)22/h1-6,8-12,16-17,22H,7,13-15H2/b23-17+. The summed E-state index contributed by atoms with van der Waals surface area (Å²) in [5.41, 5.74) is 7.42. The SMILES string of the molecule is C1=CC(/C(=C/c2ccccc2)c2ccccc2)C2=C(C1)CCC2. The maximum atomic E-state index is 2.42. The third-order valence-electron chi connectivity index (χ3n) is 5.01. The van der Waals surface area contributed by atoms with Crippen molar-refractivity contribution >= 4 is 11.6 Å². The zero-order valence-electron chi connectivity index (χ0n) is 13.4. The Kier molecular flexibility index (Phi) is 3.98. The minimum Gasteiger partial charge on any atom is -0.0835 e. The molecule has 0 heterocycles. The van der Waals surface area contributed by atoms with Crippen molar-refractivity contribution < 1.29 is 0 Å². The fourth-order valence-electron chi connectivity index (χ4n) is 3.90. The summed E-state index contributed by atoms with van der Waals surface area (Å²) in [6.45, 7) is 0. The van der Waals surface area contributed by atoms with E-state index in [4.69, 9.17) is 0 Å². The van der Waals surface area contributed by atoms with Gasteiger partial charge in [0.1, 0.15) is 0 Å². The summed E-state index contributed by atoms with van der Waals surface area (Å²) in [6.07, 6.45) is 12.2. The topological polar surface area (TPSA) is 0 Å². The highest BCUT2D eigenvalue weighted by Gasteiger charge is 2.26. The molecule has 0 radical (unpaired) electrons. The molecule has 0 saturated carbocycles. The summed E-state index contributed by atoms with van der Waals surface area (Å²) >= 11 is 0. The second kappa shape index (κ2) is 6.42. The maximum absolute atomic E-state index is 2.42. The molecule has 114 valence electrons. The molecule has 0 amide bonds. The van der Waals surface area contributed by atoms with Gasteiger partial charge >= 0.3 is 0 Å². The van der Waals surface area contributed by atoms with Gasteiger partial charge in [0.05, 0.1) is 0 Å². The fourth-order valence-corrected chi connectivity index (χ4v) is 3.90. The first-order chi connectivity index (χ1) is 11.4. The Morgan fingerprint density at radius 2 is 1.61 bits per heavy atom. The van der Waals surface area contributed by atoms with Crippen LogP contribution in [0.1, 0.15) is 36.8 Å². The highest BCUT2D eigenvalue weighted by Crippen LogP contribution is 2.43. The van der Waals surface area contributed by atoms with Gasteiger partial charge < -0.3 is 0 Å². The van der Waals surface area contributed by atoms with E-state index in [2.05, 4.69) is 78.9 Å². The Morgan fingerprint density at radius 3 is 2.39 bits per heavy atom. The van der Waals surface area contributed by atoms with Crippen LogP contribution in [0.5, 0.6) is 0 Å². The van der Waals surface area contributed by atoms with E-state index in [0.717, 1.165) is 0 Å². The molecule has 0 N–H and O–H groups in total. The summed E-state index contributed by atoms with van der Waals surface area (Å²) < 4.78 is 0. The van der Waals surface area contributed by atoms with Gasteiger partial charge in [-0.2, -0.15) is 0 Å². The van der Waals surface area contributed by atoms with Crippen LogP contribution in [0.4, 0.5) is 0 Å². The van der Waals surface area contributed by atoms with Gasteiger partial charge in [-0.25, -0.2) is 0 Å². The minimum atomic E-state index is 0.448. The molecule has 4 rings (SSSR count). The number of rotatable bonds is 3. The summed E-state index contributed by atoms with van der Waals surface area (Å²) in [4.78, 5) is 0. The van der Waals surface area contributed by atoms with Gasteiger partial charge in [-0.15, -0.1) is 0 Å². The average Bonchev–Trinajstić information content (AvgIpc) is 3.10. The smallest absolute Gasteiger partial charge is 0.0237 e.